The van der Waals surface area contributed by atoms with Gasteiger partial charge in [-0.15, -0.1) is 10.2 Å². The number of hydrogen-bond donors (Lipinski definition) is 0. The second kappa shape index (κ2) is 8.08. The van der Waals surface area contributed by atoms with Crippen LogP contribution in [0, 0.1) is 5.92 Å². The molecule has 1 unspecified atom stereocenters. The Kier molecular flexibility index (Phi) is 5.18. The monoisotopic (exact) mass is 381 g/mol. The molecule has 1 aliphatic rings. The quantitative estimate of drug-likeness (QED) is 0.627. The number of likely N-dealkylation sites (tertiary alicyclic amines) is 1. The van der Waals surface area contributed by atoms with Gasteiger partial charge in [-0.05, 0) is 37.1 Å². The Bertz CT molecular complexity index is 936. The molecule has 1 amide bonds. The smallest absolute Gasteiger partial charge is 0.311 e. The number of nitrogens with zero attached hydrogens (tertiary/aromatic N) is 3. The summed E-state index contributed by atoms with van der Waals surface area (Å²) in [4.78, 5) is 26.4. The highest BCUT2D eigenvalue weighted by Crippen LogP contribution is 2.21. The number of carbonyl (C=O) groups is 2. The van der Waals surface area contributed by atoms with Gasteiger partial charge >= 0.3 is 5.97 Å². The second-order valence-electron chi connectivity index (χ2n) is 6.54. The minimum Gasteiger partial charge on any atom is -0.459 e. The standard InChI is InChI=1S/C20H19N3O5/c24-19(16-9-5-11-26-16)23-10-4-8-15(12-23)20(25)27-13-17-21-22-18(28-17)14-6-2-1-3-7-14/h1-3,5-7,9,11,15H,4,8,10,12-13H2. The minimum atomic E-state index is -0.385. The van der Waals surface area contributed by atoms with Gasteiger partial charge < -0.3 is 18.5 Å². The lowest BCUT2D eigenvalue weighted by atomic mass is 9.98. The largest absolute Gasteiger partial charge is 0.459 e. The zero-order valence-electron chi connectivity index (χ0n) is 15.1. The maximum absolute atomic E-state index is 12.4. The minimum absolute atomic E-state index is 0.0959. The van der Waals surface area contributed by atoms with Crippen molar-refractivity contribution in [2.45, 2.75) is 19.4 Å². The molecule has 1 fully saturated rings. The first-order chi connectivity index (χ1) is 13.7. The molecule has 3 heterocycles. The molecule has 0 N–H and O–H groups in total. The summed E-state index contributed by atoms with van der Waals surface area (Å²) in [7, 11) is 0. The topological polar surface area (TPSA) is 98.7 Å². The first-order valence-electron chi connectivity index (χ1n) is 9.08. The molecule has 0 radical (unpaired) electrons. The van der Waals surface area contributed by atoms with Crippen molar-refractivity contribution in [3.8, 4) is 11.5 Å². The van der Waals surface area contributed by atoms with E-state index in [9.17, 15) is 9.59 Å². The molecule has 1 atom stereocenters. The maximum Gasteiger partial charge on any atom is 0.311 e. The van der Waals surface area contributed by atoms with Crippen LogP contribution in [0.4, 0.5) is 0 Å². The van der Waals surface area contributed by atoms with E-state index >= 15 is 0 Å². The van der Waals surface area contributed by atoms with Gasteiger partial charge in [-0.25, -0.2) is 0 Å². The zero-order valence-corrected chi connectivity index (χ0v) is 15.1. The number of esters is 1. The van der Waals surface area contributed by atoms with Crippen molar-refractivity contribution >= 4 is 11.9 Å². The second-order valence-corrected chi connectivity index (χ2v) is 6.54. The molecule has 144 valence electrons. The summed E-state index contributed by atoms with van der Waals surface area (Å²) in [6, 6.07) is 12.6. The third-order valence-corrected chi connectivity index (χ3v) is 4.60. The van der Waals surface area contributed by atoms with Gasteiger partial charge in [0.05, 0.1) is 12.2 Å². The average Bonchev–Trinajstić information content (AvgIpc) is 3.44. The van der Waals surface area contributed by atoms with Crippen LogP contribution in [0.1, 0.15) is 29.3 Å². The highest BCUT2D eigenvalue weighted by molar-refractivity contribution is 5.91. The Morgan fingerprint density at radius 1 is 1.14 bits per heavy atom. The number of piperidine rings is 1. The number of benzene rings is 1. The molecule has 0 spiro atoms. The summed E-state index contributed by atoms with van der Waals surface area (Å²) in [5, 5.41) is 7.89. The van der Waals surface area contributed by atoms with E-state index in [1.807, 2.05) is 30.3 Å². The van der Waals surface area contributed by atoms with Crippen molar-refractivity contribution in [2.75, 3.05) is 13.1 Å². The molecule has 1 aromatic carbocycles. The van der Waals surface area contributed by atoms with Crippen LogP contribution in [0.3, 0.4) is 0 Å². The lowest BCUT2D eigenvalue weighted by molar-refractivity contribution is -0.152. The first kappa shape index (κ1) is 18.0. The fourth-order valence-corrected chi connectivity index (χ4v) is 3.17. The van der Waals surface area contributed by atoms with E-state index in [1.54, 1.807) is 17.0 Å². The Hall–Kier alpha value is -3.42. The molecular formula is C20H19N3O5. The Balaban J connectivity index is 1.32. The zero-order chi connectivity index (χ0) is 19.3. The van der Waals surface area contributed by atoms with Crippen LogP contribution in [0.15, 0.2) is 57.6 Å². The molecule has 4 rings (SSSR count). The highest BCUT2D eigenvalue weighted by atomic mass is 16.5. The van der Waals surface area contributed by atoms with E-state index in [2.05, 4.69) is 10.2 Å². The molecule has 0 aliphatic carbocycles. The van der Waals surface area contributed by atoms with E-state index < -0.39 is 0 Å². The van der Waals surface area contributed by atoms with E-state index in [-0.39, 0.29) is 36.1 Å². The number of amides is 1. The summed E-state index contributed by atoms with van der Waals surface area (Å²) in [5.74, 6) is -0.105. The molecule has 8 heteroatoms. The Morgan fingerprint density at radius 3 is 2.79 bits per heavy atom. The fraction of sp³-hybridized carbons (Fsp3) is 0.300. The summed E-state index contributed by atoms with van der Waals surface area (Å²) in [6.45, 7) is 0.798. The summed E-state index contributed by atoms with van der Waals surface area (Å²) in [6.07, 6.45) is 2.85. The molecule has 1 aliphatic heterocycles. The van der Waals surface area contributed by atoms with Crippen LogP contribution < -0.4 is 0 Å². The van der Waals surface area contributed by atoms with Gasteiger partial charge in [0, 0.05) is 18.7 Å². The van der Waals surface area contributed by atoms with Gasteiger partial charge in [0.25, 0.3) is 11.8 Å². The van der Waals surface area contributed by atoms with Crippen LogP contribution in [-0.4, -0.2) is 40.1 Å². The van der Waals surface area contributed by atoms with Crippen molar-refractivity contribution in [3.05, 3.63) is 60.4 Å². The van der Waals surface area contributed by atoms with Crippen LogP contribution in [0.5, 0.6) is 0 Å². The Morgan fingerprint density at radius 2 is 2.00 bits per heavy atom. The van der Waals surface area contributed by atoms with Crippen LogP contribution in [0.25, 0.3) is 11.5 Å². The highest BCUT2D eigenvalue weighted by Gasteiger charge is 2.31. The van der Waals surface area contributed by atoms with Crippen molar-refractivity contribution in [2.24, 2.45) is 5.92 Å². The molecule has 2 aromatic heterocycles. The molecule has 8 nitrogen and oxygen atoms in total. The number of ether oxygens (including phenoxy) is 1. The number of carbonyl (C=O) groups excluding carboxylic acids is 2. The lowest BCUT2D eigenvalue weighted by Gasteiger charge is -2.30. The number of aromatic nitrogens is 2. The lowest BCUT2D eigenvalue weighted by Crippen LogP contribution is -2.42. The molecular weight excluding hydrogens is 362 g/mol. The predicted molar refractivity (Wildman–Crippen MR) is 96.9 cm³/mol. The number of rotatable bonds is 5. The van der Waals surface area contributed by atoms with Crippen LogP contribution >= 0.6 is 0 Å². The van der Waals surface area contributed by atoms with Gasteiger partial charge in [0.1, 0.15) is 0 Å². The molecule has 0 saturated carbocycles. The van der Waals surface area contributed by atoms with E-state index in [0.29, 0.717) is 25.4 Å². The third-order valence-electron chi connectivity index (χ3n) is 4.60. The van der Waals surface area contributed by atoms with Crippen molar-refractivity contribution in [1.82, 2.24) is 15.1 Å². The number of hydrogen-bond acceptors (Lipinski definition) is 7. The van der Waals surface area contributed by atoms with E-state index in [4.69, 9.17) is 13.6 Å². The van der Waals surface area contributed by atoms with E-state index in [0.717, 1.165) is 12.0 Å². The summed E-state index contributed by atoms with van der Waals surface area (Å²) >= 11 is 0. The van der Waals surface area contributed by atoms with Crippen molar-refractivity contribution < 1.29 is 23.2 Å². The average molecular weight is 381 g/mol. The number of furan rings is 1. The van der Waals surface area contributed by atoms with Gasteiger partial charge in [-0.3, -0.25) is 9.59 Å². The van der Waals surface area contributed by atoms with Gasteiger partial charge in [-0.1, -0.05) is 18.2 Å². The maximum atomic E-state index is 12.4. The van der Waals surface area contributed by atoms with Gasteiger partial charge in [-0.2, -0.15) is 0 Å². The normalized spacial score (nSPS) is 16.7. The summed E-state index contributed by atoms with van der Waals surface area (Å²) < 4.78 is 16.0. The van der Waals surface area contributed by atoms with Gasteiger partial charge in [0.2, 0.25) is 5.89 Å². The fourth-order valence-electron chi connectivity index (χ4n) is 3.17. The van der Waals surface area contributed by atoms with Crippen molar-refractivity contribution in [1.29, 1.82) is 0 Å². The van der Waals surface area contributed by atoms with Crippen LogP contribution in [0.2, 0.25) is 0 Å². The molecule has 0 bridgehead atoms. The molecule has 28 heavy (non-hydrogen) atoms. The first-order valence-corrected chi connectivity index (χ1v) is 9.08. The SMILES string of the molecule is O=C(OCc1nnc(-c2ccccc2)o1)C1CCCN(C(=O)c2ccco2)C1. The Labute approximate surface area is 161 Å². The van der Waals surface area contributed by atoms with E-state index in [1.165, 1.54) is 6.26 Å². The van der Waals surface area contributed by atoms with Gasteiger partial charge in [0.15, 0.2) is 12.4 Å². The third kappa shape index (κ3) is 3.95. The molecule has 3 aromatic rings. The molecule has 1 saturated heterocycles. The van der Waals surface area contributed by atoms with Crippen molar-refractivity contribution in [3.63, 3.8) is 0 Å². The van der Waals surface area contributed by atoms with Crippen LogP contribution in [-0.2, 0) is 16.1 Å². The summed E-state index contributed by atoms with van der Waals surface area (Å²) in [5.41, 5.74) is 0.798. The predicted octanol–water partition coefficient (Wildman–Crippen LogP) is 2.93.